The van der Waals surface area contributed by atoms with Crippen LogP contribution in [0.5, 0.6) is 0 Å². The lowest BCUT2D eigenvalue weighted by molar-refractivity contribution is 0.0666. The van der Waals surface area contributed by atoms with Crippen LogP contribution in [0.3, 0.4) is 0 Å². The van der Waals surface area contributed by atoms with E-state index in [1.807, 2.05) is 13.8 Å². The van der Waals surface area contributed by atoms with Crippen molar-refractivity contribution < 1.29 is 5.11 Å². The second-order valence-corrected chi connectivity index (χ2v) is 10.00. The van der Waals surface area contributed by atoms with Crippen molar-refractivity contribution in [2.24, 2.45) is 5.92 Å². The van der Waals surface area contributed by atoms with Gasteiger partial charge in [-0.2, -0.15) is 0 Å². The predicted octanol–water partition coefficient (Wildman–Crippen LogP) is 7.23. The number of rotatable bonds is 8. The summed E-state index contributed by atoms with van der Waals surface area (Å²) in [6.45, 7) is 10.6. The van der Waals surface area contributed by atoms with Gasteiger partial charge in [0.15, 0.2) is 0 Å². The zero-order chi connectivity index (χ0) is 22.2. The van der Waals surface area contributed by atoms with Crippen LogP contribution in [0, 0.1) is 19.8 Å². The van der Waals surface area contributed by atoms with E-state index in [0.29, 0.717) is 5.92 Å². The Morgan fingerprint density at radius 1 is 0.839 bits per heavy atom. The van der Waals surface area contributed by atoms with Gasteiger partial charge >= 0.3 is 0 Å². The molecule has 0 unspecified atom stereocenters. The summed E-state index contributed by atoms with van der Waals surface area (Å²) < 4.78 is 4.95. The number of aromatic nitrogens is 2. The number of hydrogen-bond donors (Lipinski definition) is 1. The van der Waals surface area contributed by atoms with Crippen LogP contribution in [0.25, 0.3) is 21.8 Å². The molecular formula is C28H36N2O. The molecule has 0 aliphatic heterocycles. The first-order valence-corrected chi connectivity index (χ1v) is 11.6. The molecule has 0 saturated carbocycles. The molecule has 4 aromatic rings. The summed E-state index contributed by atoms with van der Waals surface area (Å²) in [5.74, 6) is 0.551. The lowest BCUT2D eigenvalue weighted by Crippen LogP contribution is -2.21. The molecule has 0 fully saturated rings. The molecule has 2 aromatic heterocycles. The van der Waals surface area contributed by atoms with Gasteiger partial charge in [-0.05, 0) is 69.7 Å². The molecule has 0 aliphatic rings. The number of aryl methyl sites for hydroxylation is 2. The highest BCUT2D eigenvalue weighted by atomic mass is 16.3. The van der Waals surface area contributed by atoms with E-state index in [4.69, 9.17) is 0 Å². The van der Waals surface area contributed by atoms with Gasteiger partial charge in [0.2, 0.25) is 0 Å². The molecular weight excluding hydrogens is 380 g/mol. The summed E-state index contributed by atoms with van der Waals surface area (Å²) >= 11 is 0. The SMILES string of the molecule is Cc1cn(C(C[C@@H](C)CCCC(C)(C)O)n2cc(C)c3ccccc32)c2ccccc12. The van der Waals surface area contributed by atoms with E-state index in [1.165, 1.54) is 32.9 Å². The summed E-state index contributed by atoms with van der Waals surface area (Å²) in [6, 6.07) is 17.5. The molecule has 1 N–H and O–H groups in total. The van der Waals surface area contributed by atoms with Crippen LogP contribution < -0.4 is 0 Å². The quantitative estimate of drug-likeness (QED) is 0.323. The van der Waals surface area contributed by atoms with Gasteiger partial charge in [0.1, 0.15) is 6.17 Å². The van der Waals surface area contributed by atoms with E-state index in [-0.39, 0.29) is 6.17 Å². The van der Waals surface area contributed by atoms with Gasteiger partial charge in [-0.1, -0.05) is 56.2 Å². The molecule has 0 amide bonds. The maximum Gasteiger partial charge on any atom is 0.110 e. The van der Waals surface area contributed by atoms with E-state index < -0.39 is 5.60 Å². The first-order valence-electron chi connectivity index (χ1n) is 11.6. The van der Waals surface area contributed by atoms with E-state index >= 15 is 0 Å². The largest absolute Gasteiger partial charge is 0.390 e. The van der Waals surface area contributed by atoms with Crippen molar-refractivity contribution in [3.05, 3.63) is 72.1 Å². The van der Waals surface area contributed by atoms with Gasteiger partial charge < -0.3 is 14.2 Å². The minimum Gasteiger partial charge on any atom is -0.390 e. The van der Waals surface area contributed by atoms with Crippen molar-refractivity contribution >= 4 is 21.8 Å². The number of para-hydroxylation sites is 2. The average Bonchev–Trinajstić information content (AvgIpc) is 3.23. The van der Waals surface area contributed by atoms with Gasteiger partial charge in [0.05, 0.1) is 16.6 Å². The Bertz CT molecular complexity index is 1090. The molecule has 4 rings (SSSR count). The zero-order valence-electron chi connectivity index (χ0n) is 19.6. The molecule has 0 saturated heterocycles. The predicted molar refractivity (Wildman–Crippen MR) is 132 cm³/mol. The Hall–Kier alpha value is -2.52. The first kappa shape index (κ1) is 21.7. The maximum atomic E-state index is 10.1. The van der Waals surface area contributed by atoms with Crippen LogP contribution in [0.15, 0.2) is 60.9 Å². The number of aliphatic hydroxyl groups is 1. The molecule has 1 atom stereocenters. The Morgan fingerprint density at radius 2 is 1.32 bits per heavy atom. The van der Waals surface area contributed by atoms with Gasteiger partial charge in [0, 0.05) is 23.2 Å². The van der Waals surface area contributed by atoms with E-state index in [9.17, 15) is 5.11 Å². The molecule has 3 heteroatoms. The minimum absolute atomic E-state index is 0.217. The maximum absolute atomic E-state index is 10.1. The Morgan fingerprint density at radius 3 is 1.81 bits per heavy atom. The van der Waals surface area contributed by atoms with Crippen LogP contribution in [0.1, 0.15) is 63.7 Å². The lowest BCUT2D eigenvalue weighted by atomic mass is 9.94. The van der Waals surface area contributed by atoms with Crippen molar-refractivity contribution in [3.63, 3.8) is 0 Å². The standard InChI is InChI=1S/C28H36N2O/c1-20(11-10-16-28(4,5)31)17-27(29-18-21(2)23-12-6-8-14-25(23)29)30-19-22(3)24-13-7-9-15-26(24)30/h6-9,12-15,18-20,27,31H,10-11,16-17H2,1-5H3/t20-/m0/s1. The first-order chi connectivity index (χ1) is 14.7. The summed E-state index contributed by atoms with van der Waals surface area (Å²) in [4.78, 5) is 0. The second kappa shape index (κ2) is 8.55. The summed E-state index contributed by atoms with van der Waals surface area (Å²) in [6.07, 6.45) is 8.94. The summed E-state index contributed by atoms with van der Waals surface area (Å²) in [5, 5.41) is 12.8. The Balaban J connectivity index is 1.74. The molecule has 164 valence electrons. The second-order valence-electron chi connectivity index (χ2n) is 10.00. The van der Waals surface area contributed by atoms with Crippen LogP contribution >= 0.6 is 0 Å². The molecule has 0 aliphatic carbocycles. The van der Waals surface area contributed by atoms with Crippen molar-refractivity contribution in [2.45, 2.75) is 72.1 Å². The van der Waals surface area contributed by atoms with E-state index in [2.05, 4.69) is 90.8 Å². The van der Waals surface area contributed by atoms with Crippen molar-refractivity contribution in [2.75, 3.05) is 0 Å². The van der Waals surface area contributed by atoms with E-state index in [0.717, 1.165) is 25.7 Å². The van der Waals surface area contributed by atoms with Crippen molar-refractivity contribution in [3.8, 4) is 0 Å². The van der Waals surface area contributed by atoms with Crippen LogP contribution in [0.4, 0.5) is 0 Å². The van der Waals surface area contributed by atoms with E-state index in [1.54, 1.807) is 0 Å². The van der Waals surface area contributed by atoms with Gasteiger partial charge in [-0.3, -0.25) is 0 Å². The fraction of sp³-hybridized carbons (Fsp3) is 0.429. The van der Waals surface area contributed by atoms with Crippen LogP contribution in [-0.4, -0.2) is 19.8 Å². The highest BCUT2D eigenvalue weighted by Crippen LogP contribution is 2.34. The smallest absolute Gasteiger partial charge is 0.110 e. The van der Waals surface area contributed by atoms with Gasteiger partial charge in [-0.25, -0.2) is 0 Å². The molecule has 2 aromatic carbocycles. The molecule has 0 spiro atoms. The fourth-order valence-electron chi connectivity index (χ4n) is 4.98. The molecule has 2 heterocycles. The van der Waals surface area contributed by atoms with Gasteiger partial charge in [0.25, 0.3) is 0 Å². The minimum atomic E-state index is -0.583. The third-order valence-electron chi connectivity index (χ3n) is 6.62. The highest BCUT2D eigenvalue weighted by Gasteiger charge is 2.22. The normalized spacial score (nSPS) is 13.5. The third kappa shape index (κ3) is 4.57. The average molecular weight is 417 g/mol. The third-order valence-corrected chi connectivity index (χ3v) is 6.62. The summed E-state index contributed by atoms with van der Waals surface area (Å²) in [7, 11) is 0. The fourth-order valence-corrected chi connectivity index (χ4v) is 4.98. The number of nitrogens with zero attached hydrogens (tertiary/aromatic N) is 2. The number of hydrogen-bond acceptors (Lipinski definition) is 1. The van der Waals surface area contributed by atoms with Gasteiger partial charge in [-0.15, -0.1) is 0 Å². The molecule has 0 bridgehead atoms. The monoisotopic (exact) mass is 416 g/mol. The highest BCUT2D eigenvalue weighted by molar-refractivity contribution is 5.85. The zero-order valence-corrected chi connectivity index (χ0v) is 19.6. The number of benzene rings is 2. The van der Waals surface area contributed by atoms with Crippen molar-refractivity contribution in [1.82, 2.24) is 9.13 Å². The van der Waals surface area contributed by atoms with Crippen LogP contribution in [-0.2, 0) is 0 Å². The number of fused-ring (bicyclic) bond motifs is 2. The van der Waals surface area contributed by atoms with Crippen molar-refractivity contribution in [1.29, 1.82) is 0 Å². The Kier molecular flexibility index (Phi) is 5.98. The summed E-state index contributed by atoms with van der Waals surface area (Å²) in [5.41, 5.74) is 4.65. The molecule has 3 nitrogen and oxygen atoms in total. The molecule has 31 heavy (non-hydrogen) atoms. The van der Waals surface area contributed by atoms with Crippen LogP contribution in [0.2, 0.25) is 0 Å². The molecule has 0 radical (unpaired) electrons. The topological polar surface area (TPSA) is 30.1 Å². The Labute approximate surface area is 186 Å². The lowest BCUT2D eigenvalue weighted by Gasteiger charge is -2.27.